The fraction of sp³-hybridized carbons (Fsp3) is 0.429. The van der Waals surface area contributed by atoms with Crippen molar-refractivity contribution in [2.45, 2.75) is 83.0 Å². The van der Waals surface area contributed by atoms with Gasteiger partial charge in [-0.1, -0.05) is 58.3 Å². The molecule has 0 saturated carbocycles. The molecular formula is C42H52N2O8S2. The topological polar surface area (TPSA) is 158 Å². The Hall–Kier alpha value is -3.78. The van der Waals surface area contributed by atoms with Crippen LogP contribution in [0.15, 0.2) is 60.7 Å². The molecule has 0 aromatic heterocycles. The van der Waals surface area contributed by atoms with E-state index in [1.807, 2.05) is 42.5 Å². The molecule has 0 saturated heterocycles. The highest BCUT2D eigenvalue weighted by Crippen LogP contribution is 2.45. The molecule has 4 aromatic carbocycles. The number of aryl methyl sites for hydroxylation is 1. The van der Waals surface area contributed by atoms with Crippen molar-refractivity contribution in [2.24, 2.45) is 0 Å². The number of unbranched alkanes of at least 4 members (excludes halogenated alkanes) is 1. The predicted molar refractivity (Wildman–Crippen MR) is 218 cm³/mol. The van der Waals surface area contributed by atoms with Gasteiger partial charge in [0, 0.05) is 47.8 Å². The number of fused-ring (bicyclic) bond motifs is 5. The molecule has 1 aliphatic heterocycles. The molecule has 0 aliphatic carbocycles. The van der Waals surface area contributed by atoms with E-state index < -0.39 is 6.23 Å². The molecule has 6 N–H and O–H groups in total. The number of aromatic hydroxyl groups is 2. The molecule has 1 aliphatic rings. The third kappa shape index (κ3) is 11.1. The van der Waals surface area contributed by atoms with Crippen LogP contribution in [0.4, 0.5) is 5.69 Å². The summed E-state index contributed by atoms with van der Waals surface area (Å²) in [5.41, 5.74) is 5.64. The van der Waals surface area contributed by atoms with Crippen molar-refractivity contribution in [3.8, 4) is 28.4 Å². The second-order valence-corrected chi connectivity index (χ2v) is 16.2. The Balaban J connectivity index is 1.44. The maximum Gasteiger partial charge on any atom is 0.168 e. The van der Waals surface area contributed by atoms with Crippen LogP contribution in [0.1, 0.15) is 80.4 Å². The van der Waals surface area contributed by atoms with E-state index >= 15 is 0 Å². The molecule has 12 heteroatoms. The lowest BCUT2D eigenvalue weighted by Gasteiger charge is -2.27. The van der Waals surface area contributed by atoms with E-state index in [-0.39, 0.29) is 61.8 Å². The Morgan fingerprint density at radius 3 is 2.59 bits per heavy atom. The zero-order chi connectivity index (χ0) is 38.5. The summed E-state index contributed by atoms with van der Waals surface area (Å²) in [4.78, 5) is 25.4. The number of carbonyl (C=O) groups excluding carboxylic acids is 2. The third-order valence-electron chi connectivity index (χ3n) is 9.61. The minimum absolute atomic E-state index is 0.0129. The van der Waals surface area contributed by atoms with Gasteiger partial charge in [-0.15, -0.1) is 0 Å². The van der Waals surface area contributed by atoms with Crippen LogP contribution in [-0.2, 0) is 33.1 Å². The van der Waals surface area contributed by atoms with Crippen molar-refractivity contribution in [3.63, 3.8) is 0 Å². The summed E-state index contributed by atoms with van der Waals surface area (Å²) in [5, 5.41) is 49.4. The number of hydrogen-bond donors (Lipinski definition) is 6. The first kappa shape index (κ1) is 41.4. The number of anilines is 1. The number of hydrogen-bond acceptors (Lipinski definition) is 12. The smallest absolute Gasteiger partial charge is 0.168 e. The summed E-state index contributed by atoms with van der Waals surface area (Å²) in [5.74, 6) is 2.14. The average Bonchev–Trinajstić information content (AvgIpc) is 3.16. The summed E-state index contributed by atoms with van der Waals surface area (Å²) < 4.78 is 12.5. The SMILES string of the molecule is COc1c(O)ccc2c1-c1ccc3ccc(O)cc3c1CSSCCCC[C@H](O[C@H](NCCCCO)c1ccc(NCC(C)=O)c(CO)c1)CC(=O)CC2. The first-order valence-corrected chi connectivity index (χ1v) is 21.1. The zero-order valence-electron chi connectivity index (χ0n) is 31.1. The Bertz CT molecular complexity index is 1890. The zero-order valence-corrected chi connectivity index (χ0v) is 32.7. The minimum Gasteiger partial charge on any atom is -0.508 e. The Kier molecular flexibility index (Phi) is 15.9. The molecule has 0 radical (unpaired) electrons. The largest absolute Gasteiger partial charge is 0.508 e. The Labute approximate surface area is 325 Å². The molecule has 0 amide bonds. The fourth-order valence-corrected chi connectivity index (χ4v) is 9.09. The molecule has 4 aromatic rings. The number of benzene rings is 4. The number of ketones is 2. The first-order chi connectivity index (χ1) is 26.2. The van der Waals surface area contributed by atoms with Crippen molar-refractivity contribution in [2.75, 3.05) is 37.9 Å². The van der Waals surface area contributed by atoms with Gasteiger partial charge >= 0.3 is 0 Å². The minimum atomic E-state index is -0.567. The second kappa shape index (κ2) is 20.8. The van der Waals surface area contributed by atoms with E-state index in [9.17, 15) is 30.0 Å². The summed E-state index contributed by atoms with van der Waals surface area (Å²) >= 11 is 0. The van der Waals surface area contributed by atoms with E-state index in [1.165, 1.54) is 14.0 Å². The molecule has 0 unspecified atom stereocenters. The van der Waals surface area contributed by atoms with Gasteiger partial charge < -0.3 is 35.2 Å². The number of phenols is 2. The van der Waals surface area contributed by atoms with Crippen LogP contribution in [0.3, 0.4) is 0 Å². The molecule has 54 heavy (non-hydrogen) atoms. The molecule has 0 spiro atoms. The number of rotatable bonds is 13. The van der Waals surface area contributed by atoms with Crippen molar-refractivity contribution < 1.29 is 39.5 Å². The van der Waals surface area contributed by atoms with Crippen LogP contribution in [0.25, 0.3) is 21.9 Å². The number of Topliss-reactive ketones (excluding diaryl/α,β-unsaturated/α-hetero) is 2. The standard InChI is InChI=1S/C42H52N2O8S2/c1-27(47)24-44-38-16-11-30(21-31(38)25-46)42(43-18-4-5-19-45)52-34-7-3-6-20-53-54-26-37-35(15-10-28-8-13-33(49)23-36(28)37)40-29(9-14-32(48)22-34)12-17-39(50)41(40)51-2/h8,10-13,15-17,21,23,34,42-46,49-50H,3-7,9,14,18-20,22,24-26H2,1-2H3/t34-,42-/m0/s1. The van der Waals surface area contributed by atoms with Gasteiger partial charge in [0.25, 0.3) is 0 Å². The molecule has 1 heterocycles. The van der Waals surface area contributed by atoms with Crippen LogP contribution in [0.2, 0.25) is 0 Å². The van der Waals surface area contributed by atoms with E-state index in [4.69, 9.17) is 9.47 Å². The van der Waals surface area contributed by atoms with Crippen LogP contribution < -0.4 is 15.4 Å². The highest BCUT2D eigenvalue weighted by Gasteiger charge is 2.25. The number of ether oxygens (including phenoxy) is 2. The average molecular weight is 777 g/mol. The van der Waals surface area contributed by atoms with Gasteiger partial charge in [0.2, 0.25) is 0 Å². The lowest BCUT2D eigenvalue weighted by atomic mass is 9.89. The van der Waals surface area contributed by atoms with Crippen LogP contribution >= 0.6 is 21.6 Å². The van der Waals surface area contributed by atoms with Gasteiger partial charge in [-0.05, 0) is 109 Å². The van der Waals surface area contributed by atoms with E-state index in [1.54, 1.807) is 39.8 Å². The van der Waals surface area contributed by atoms with Crippen LogP contribution in [-0.4, -0.2) is 70.7 Å². The molecule has 290 valence electrons. The maximum atomic E-state index is 13.9. The molecule has 10 nitrogen and oxygen atoms in total. The van der Waals surface area contributed by atoms with Gasteiger partial charge in [0.05, 0.1) is 26.4 Å². The Morgan fingerprint density at radius 1 is 0.981 bits per heavy atom. The predicted octanol–water partition coefficient (Wildman–Crippen LogP) is 7.82. The van der Waals surface area contributed by atoms with Gasteiger partial charge in [0.1, 0.15) is 23.5 Å². The van der Waals surface area contributed by atoms with Gasteiger partial charge in [-0.2, -0.15) is 0 Å². The third-order valence-corrected chi connectivity index (χ3v) is 12.0. The summed E-state index contributed by atoms with van der Waals surface area (Å²) in [6.07, 6.45) is 3.81. The number of methoxy groups -OCH3 is 1. The van der Waals surface area contributed by atoms with Crippen molar-refractivity contribution in [1.29, 1.82) is 0 Å². The molecule has 5 rings (SSSR count). The molecule has 0 fully saturated rings. The number of aliphatic hydroxyl groups is 2. The lowest BCUT2D eigenvalue weighted by molar-refractivity contribution is -0.124. The Morgan fingerprint density at radius 2 is 1.81 bits per heavy atom. The van der Waals surface area contributed by atoms with Crippen molar-refractivity contribution in [1.82, 2.24) is 5.32 Å². The quantitative estimate of drug-likeness (QED) is 0.0445. The summed E-state index contributed by atoms with van der Waals surface area (Å²) in [6.45, 7) is 2.10. The molecule has 2 atom stereocenters. The number of nitrogens with one attached hydrogen (secondary N) is 2. The van der Waals surface area contributed by atoms with E-state index in [0.29, 0.717) is 48.6 Å². The fourth-order valence-electron chi connectivity index (χ4n) is 6.83. The monoisotopic (exact) mass is 776 g/mol. The van der Waals surface area contributed by atoms with Gasteiger partial charge in [-0.25, -0.2) is 0 Å². The molecular weight excluding hydrogens is 725 g/mol. The highest BCUT2D eigenvalue weighted by molar-refractivity contribution is 8.76. The molecule has 0 bridgehead atoms. The van der Waals surface area contributed by atoms with Crippen LogP contribution in [0.5, 0.6) is 17.2 Å². The maximum absolute atomic E-state index is 13.9. The number of carbonyl (C=O) groups is 2. The number of aliphatic hydroxyl groups excluding tert-OH is 2. The normalized spacial score (nSPS) is 16.4. The van der Waals surface area contributed by atoms with Crippen molar-refractivity contribution in [3.05, 3.63) is 82.9 Å². The van der Waals surface area contributed by atoms with E-state index in [0.717, 1.165) is 63.6 Å². The lowest BCUT2D eigenvalue weighted by Crippen LogP contribution is -2.31. The number of phenolic OH excluding ortho intramolecular Hbond substituents is 2. The van der Waals surface area contributed by atoms with Crippen LogP contribution in [0, 0.1) is 0 Å². The second-order valence-electron chi connectivity index (χ2n) is 13.6. The van der Waals surface area contributed by atoms with Gasteiger partial charge in [0.15, 0.2) is 11.5 Å². The first-order valence-electron chi connectivity index (χ1n) is 18.6. The highest BCUT2D eigenvalue weighted by atomic mass is 33.1. The van der Waals surface area contributed by atoms with Gasteiger partial charge in [-0.3, -0.25) is 14.9 Å². The summed E-state index contributed by atoms with van der Waals surface area (Å²) in [6, 6.07) is 18.5. The summed E-state index contributed by atoms with van der Waals surface area (Å²) in [7, 11) is 5.07. The van der Waals surface area contributed by atoms with Crippen molar-refractivity contribution >= 4 is 49.6 Å². The van der Waals surface area contributed by atoms with E-state index in [2.05, 4.69) is 10.6 Å².